The summed E-state index contributed by atoms with van der Waals surface area (Å²) in [4.78, 5) is 18.6. The van der Waals surface area contributed by atoms with Crippen LogP contribution in [0.3, 0.4) is 0 Å². The molecule has 1 aliphatic heterocycles. The highest BCUT2D eigenvalue weighted by Crippen LogP contribution is 2.45. The lowest BCUT2D eigenvalue weighted by atomic mass is 9.76. The standard InChI is InChI=1S/C18H18N4O2/c1-21-16-9-15(24-11-14-6-3-2-5-13(14)10-19)20-17(23)22(16)12-18(21)7-4-8-18/h2-3,5-6,9H,4,7-8,11-12H2,1H3. The quantitative estimate of drug-likeness (QED) is 0.865. The van der Waals surface area contributed by atoms with Gasteiger partial charge in [-0.1, -0.05) is 18.2 Å². The Morgan fingerprint density at radius 3 is 2.88 bits per heavy atom. The van der Waals surface area contributed by atoms with Gasteiger partial charge in [0.1, 0.15) is 12.4 Å². The van der Waals surface area contributed by atoms with Crippen LogP contribution in [-0.2, 0) is 13.2 Å². The van der Waals surface area contributed by atoms with Crippen LogP contribution in [0.5, 0.6) is 5.88 Å². The number of benzene rings is 1. The Balaban J connectivity index is 1.59. The van der Waals surface area contributed by atoms with Crippen LogP contribution < -0.4 is 15.3 Å². The van der Waals surface area contributed by atoms with E-state index in [1.807, 2.05) is 31.3 Å². The van der Waals surface area contributed by atoms with Crippen molar-refractivity contribution in [3.63, 3.8) is 0 Å². The highest BCUT2D eigenvalue weighted by Gasteiger charge is 2.47. The number of nitriles is 1. The zero-order valence-electron chi connectivity index (χ0n) is 13.5. The number of hydrogen-bond donors (Lipinski definition) is 0. The average molecular weight is 322 g/mol. The topological polar surface area (TPSA) is 71.2 Å². The lowest BCUT2D eigenvalue weighted by molar-refractivity contribution is 0.231. The van der Waals surface area contributed by atoms with Crippen molar-refractivity contribution in [3.8, 4) is 11.9 Å². The van der Waals surface area contributed by atoms with Gasteiger partial charge in [-0.15, -0.1) is 0 Å². The maximum Gasteiger partial charge on any atom is 0.352 e. The third-order valence-electron chi connectivity index (χ3n) is 5.27. The van der Waals surface area contributed by atoms with Crippen molar-refractivity contribution in [2.75, 3.05) is 11.9 Å². The van der Waals surface area contributed by atoms with Gasteiger partial charge >= 0.3 is 5.69 Å². The molecule has 6 nitrogen and oxygen atoms in total. The van der Waals surface area contributed by atoms with E-state index in [0.717, 1.165) is 24.2 Å². The van der Waals surface area contributed by atoms with Crippen LogP contribution in [0.15, 0.2) is 35.1 Å². The van der Waals surface area contributed by atoms with Gasteiger partial charge in [-0.25, -0.2) is 4.79 Å². The minimum absolute atomic E-state index is 0.0832. The van der Waals surface area contributed by atoms with Crippen molar-refractivity contribution in [1.82, 2.24) is 9.55 Å². The molecule has 2 aromatic rings. The van der Waals surface area contributed by atoms with Gasteiger partial charge in [-0.2, -0.15) is 10.2 Å². The molecule has 1 saturated carbocycles. The van der Waals surface area contributed by atoms with Gasteiger partial charge in [-0.3, -0.25) is 4.57 Å². The Bertz CT molecular complexity index is 893. The van der Waals surface area contributed by atoms with Gasteiger partial charge < -0.3 is 9.64 Å². The van der Waals surface area contributed by atoms with E-state index in [9.17, 15) is 4.79 Å². The fourth-order valence-electron chi connectivity index (χ4n) is 3.60. The Morgan fingerprint density at radius 1 is 1.38 bits per heavy atom. The number of aromatic nitrogens is 2. The second-order valence-corrected chi connectivity index (χ2v) is 6.52. The molecule has 4 rings (SSSR count). The van der Waals surface area contributed by atoms with Crippen LogP contribution in [-0.4, -0.2) is 22.1 Å². The highest BCUT2D eigenvalue weighted by molar-refractivity contribution is 5.49. The SMILES string of the molecule is CN1c2cc(OCc3ccccc3C#N)nc(=O)n2CC12CCC2. The number of rotatable bonds is 3. The molecular weight excluding hydrogens is 304 g/mol. The maximum absolute atomic E-state index is 12.3. The first-order valence-corrected chi connectivity index (χ1v) is 8.09. The summed E-state index contributed by atoms with van der Waals surface area (Å²) in [6.07, 6.45) is 3.42. The average Bonchev–Trinajstić information content (AvgIpc) is 2.87. The molecule has 0 atom stereocenters. The van der Waals surface area contributed by atoms with E-state index in [1.165, 1.54) is 6.42 Å². The summed E-state index contributed by atoms with van der Waals surface area (Å²) in [7, 11) is 2.03. The van der Waals surface area contributed by atoms with Crippen molar-refractivity contribution >= 4 is 5.82 Å². The van der Waals surface area contributed by atoms with Crippen molar-refractivity contribution in [2.24, 2.45) is 0 Å². The van der Waals surface area contributed by atoms with Crippen molar-refractivity contribution in [1.29, 1.82) is 5.26 Å². The highest BCUT2D eigenvalue weighted by atomic mass is 16.5. The molecule has 0 N–H and O–H groups in total. The number of fused-ring (bicyclic) bond motifs is 1. The first-order chi connectivity index (χ1) is 11.6. The fraction of sp³-hybridized carbons (Fsp3) is 0.389. The monoisotopic (exact) mass is 322 g/mol. The number of hydrogen-bond acceptors (Lipinski definition) is 5. The molecular formula is C18H18N4O2. The summed E-state index contributed by atoms with van der Waals surface area (Å²) in [6.45, 7) is 0.927. The smallest absolute Gasteiger partial charge is 0.352 e. The van der Waals surface area contributed by atoms with E-state index in [1.54, 1.807) is 10.6 Å². The fourth-order valence-corrected chi connectivity index (χ4v) is 3.60. The molecule has 1 aliphatic carbocycles. The molecule has 1 fully saturated rings. The summed E-state index contributed by atoms with van der Waals surface area (Å²) in [5, 5.41) is 9.13. The normalized spacial score (nSPS) is 17.2. The number of likely N-dealkylation sites (N-methyl/N-ethyl adjacent to an activating group) is 1. The third-order valence-corrected chi connectivity index (χ3v) is 5.27. The molecule has 24 heavy (non-hydrogen) atoms. The second kappa shape index (κ2) is 5.38. The molecule has 1 aromatic carbocycles. The number of ether oxygens (including phenoxy) is 1. The van der Waals surface area contributed by atoms with Crippen molar-refractivity contribution < 1.29 is 4.74 Å². The van der Waals surface area contributed by atoms with Crippen LogP contribution in [0.25, 0.3) is 0 Å². The minimum Gasteiger partial charge on any atom is -0.473 e. The first kappa shape index (κ1) is 14.8. The third kappa shape index (κ3) is 2.16. The molecule has 0 radical (unpaired) electrons. The first-order valence-electron chi connectivity index (χ1n) is 8.09. The van der Waals surface area contributed by atoms with Gasteiger partial charge in [-0.05, 0) is 25.3 Å². The summed E-state index contributed by atoms with van der Waals surface area (Å²) in [5.74, 6) is 1.17. The van der Waals surface area contributed by atoms with E-state index >= 15 is 0 Å². The van der Waals surface area contributed by atoms with Crippen LogP contribution in [0, 0.1) is 11.3 Å². The van der Waals surface area contributed by atoms with E-state index in [0.29, 0.717) is 18.0 Å². The largest absolute Gasteiger partial charge is 0.473 e. The Morgan fingerprint density at radius 2 is 2.17 bits per heavy atom. The van der Waals surface area contributed by atoms with Crippen LogP contribution >= 0.6 is 0 Å². The zero-order chi connectivity index (χ0) is 16.7. The van der Waals surface area contributed by atoms with E-state index in [2.05, 4.69) is 16.0 Å². The van der Waals surface area contributed by atoms with E-state index in [-0.39, 0.29) is 17.8 Å². The van der Waals surface area contributed by atoms with Crippen molar-refractivity contribution in [2.45, 2.75) is 38.0 Å². The minimum atomic E-state index is -0.272. The molecule has 2 heterocycles. The molecule has 1 aromatic heterocycles. The van der Waals surface area contributed by atoms with Gasteiger partial charge in [0.25, 0.3) is 0 Å². The Hall–Kier alpha value is -2.81. The predicted molar refractivity (Wildman–Crippen MR) is 89.0 cm³/mol. The van der Waals surface area contributed by atoms with Gasteiger partial charge in [0.2, 0.25) is 5.88 Å². The molecule has 1 spiro atoms. The molecule has 6 heteroatoms. The number of nitrogens with zero attached hydrogens (tertiary/aromatic N) is 4. The van der Waals surface area contributed by atoms with Gasteiger partial charge in [0.15, 0.2) is 0 Å². The zero-order valence-corrected chi connectivity index (χ0v) is 13.5. The summed E-state index contributed by atoms with van der Waals surface area (Å²) in [5.41, 5.74) is 1.17. The summed E-state index contributed by atoms with van der Waals surface area (Å²) in [6, 6.07) is 11.2. The van der Waals surface area contributed by atoms with Crippen LogP contribution in [0.4, 0.5) is 5.82 Å². The van der Waals surface area contributed by atoms with E-state index < -0.39 is 0 Å². The van der Waals surface area contributed by atoms with Gasteiger partial charge in [0.05, 0.1) is 23.7 Å². The van der Waals surface area contributed by atoms with Crippen molar-refractivity contribution in [3.05, 3.63) is 51.9 Å². The molecule has 0 saturated heterocycles. The Kier molecular flexibility index (Phi) is 3.31. The Labute approximate surface area is 139 Å². The predicted octanol–water partition coefficient (Wildman–Crippen LogP) is 2.07. The molecule has 122 valence electrons. The lowest BCUT2D eigenvalue weighted by Crippen LogP contribution is -2.50. The van der Waals surface area contributed by atoms with Gasteiger partial charge in [0, 0.05) is 18.7 Å². The van der Waals surface area contributed by atoms with Crippen LogP contribution in [0.2, 0.25) is 0 Å². The number of anilines is 1. The molecule has 2 aliphatic rings. The maximum atomic E-state index is 12.3. The molecule has 0 amide bonds. The summed E-state index contributed by atoms with van der Waals surface area (Å²) < 4.78 is 7.44. The lowest BCUT2D eigenvalue weighted by Gasteiger charge is -2.44. The summed E-state index contributed by atoms with van der Waals surface area (Å²) >= 11 is 0. The second-order valence-electron chi connectivity index (χ2n) is 6.52. The van der Waals surface area contributed by atoms with Crippen LogP contribution in [0.1, 0.15) is 30.4 Å². The van der Waals surface area contributed by atoms with E-state index in [4.69, 9.17) is 10.00 Å². The molecule has 0 bridgehead atoms. The molecule has 0 unspecified atom stereocenters.